The van der Waals surface area contributed by atoms with Crippen LogP contribution >= 0.6 is 0 Å². The Morgan fingerprint density at radius 1 is 1.28 bits per heavy atom. The van der Waals surface area contributed by atoms with E-state index in [1.54, 1.807) is 7.11 Å². The van der Waals surface area contributed by atoms with Gasteiger partial charge in [-0.05, 0) is 23.8 Å². The Labute approximate surface area is 106 Å². The molecule has 1 aliphatic heterocycles. The molecule has 0 saturated heterocycles. The first-order chi connectivity index (χ1) is 8.86. The van der Waals surface area contributed by atoms with Crippen molar-refractivity contribution >= 4 is 5.82 Å². The summed E-state index contributed by atoms with van der Waals surface area (Å²) in [5.74, 6) is 2.46. The number of methoxy groups -OCH3 is 1. The summed E-state index contributed by atoms with van der Waals surface area (Å²) >= 11 is 0. The molecule has 3 rings (SSSR count). The summed E-state index contributed by atoms with van der Waals surface area (Å²) in [5.41, 5.74) is 2.09. The monoisotopic (exact) mass is 242 g/mol. The zero-order valence-electron chi connectivity index (χ0n) is 10.1. The van der Waals surface area contributed by atoms with Gasteiger partial charge in [-0.1, -0.05) is 12.1 Å². The van der Waals surface area contributed by atoms with Crippen LogP contribution < -0.4 is 14.8 Å². The van der Waals surface area contributed by atoms with E-state index in [9.17, 15) is 0 Å². The number of benzene rings is 1. The maximum absolute atomic E-state index is 5.59. The standard InChI is InChI=1S/C14H14N2O2/c1-17-12-4-2-3-10(7-12)11-8-13-14(16-9-11)15-5-6-18-13/h2-4,7-9H,5-6H2,1H3,(H,15,16). The Bertz CT molecular complexity index is 569. The number of aromatic nitrogens is 1. The van der Waals surface area contributed by atoms with Gasteiger partial charge in [-0.2, -0.15) is 0 Å². The molecule has 92 valence electrons. The number of nitrogens with zero attached hydrogens (tertiary/aromatic N) is 1. The molecule has 0 radical (unpaired) electrons. The average Bonchev–Trinajstić information content (AvgIpc) is 2.47. The number of fused-ring (bicyclic) bond motifs is 1. The molecule has 18 heavy (non-hydrogen) atoms. The summed E-state index contributed by atoms with van der Waals surface area (Å²) < 4.78 is 10.8. The Hall–Kier alpha value is -2.23. The van der Waals surface area contributed by atoms with Crippen molar-refractivity contribution in [1.82, 2.24) is 4.98 Å². The second-order valence-corrected chi connectivity index (χ2v) is 4.08. The molecule has 0 amide bonds. The number of nitrogens with one attached hydrogen (secondary N) is 1. The summed E-state index contributed by atoms with van der Waals surface area (Å²) in [6, 6.07) is 9.91. The lowest BCUT2D eigenvalue weighted by Crippen LogP contribution is -2.18. The van der Waals surface area contributed by atoms with Crippen molar-refractivity contribution in [2.24, 2.45) is 0 Å². The molecular formula is C14H14N2O2. The molecule has 0 bridgehead atoms. The summed E-state index contributed by atoms with van der Waals surface area (Å²) in [6.45, 7) is 1.48. The van der Waals surface area contributed by atoms with E-state index in [0.717, 1.165) is 35.0 Å². The molecular weight excluding hydrogens is 228 g/mol. The van der Waals surface area contributed by atoms with E-state index in [4.69, 9.17) is 9.47 Å². The van der Waals surface area contributed by atoms with Crippen molar-refractivity contribution in [1.29, 1.82) is 0 Å². The highest BCUT2D eigenvalue weighted by Gasteiger charge is 2.12. The third-order valence-electron chi connectivity index (χ3n) is 2.91. The highest BCUT2D eigenvalue weighted by Crippen LogP contribution is 2.31. The van der Waals surface area contributed by atoms with E-state index in [2.05, 4.69) is 10.3 Å². The zero-order valence-corrected chi connectivity index (χ0v) is 10.1. The first kappa shape index (κ1) is 10.9. The third-order valence-corrected chi connectivity index (χ3v) is 2.91. The number of pyridine rings is 1. The number of ether oxygens (including phenoxy) is 2. The smallest absolute Gasteiger partial charge is 0.168 e. The van der Waals surface area contributed by atoms with Gasteiger partial charge < -0.3 is 14.8 Å². The number of rotatable bonds is 2. The summed E-state index contributed by atoms with van der Waals surface area (Å²) in [5, 5.41) is 3.20. The van der Waals surface area contributed by atoms with Crippen molar-refractivity contribution < 1.29 is 9.47 Å². The second-order valence-electron chi connectivity index (χ2n) is 4.08. The Morgan fingerprint density at radius 3 is 3.11 bits per heavy atom. The first-order valence-electron chi connectivity index (χ1n) is 5.88. The van der Waals surface area contributed by atoms with Crippen LogP contribution in [-0.2, 0) is 0 Å². The van der Waals surface area contributed by atoms with E-state index in [-0.39, 0.29) is 0 Å². The largest absolute Gasteiger partial charge is 0.497 e. The van der Waals surface area contributed by atoms with Crippen molar-refractivity contribution in [2.45, 2.75) is 0 Å². The molecule has 0 saturated carbocycles. The molecule has 2 heterocycles. The van der Waals surface area contributed by atoms with Crippen molar-refractivity contribution in [3.05, 3.63) is 36.5 Å². The fourth-order valence-electron chi connectivity index (χ4n) is 1.98. The lowest BCUT2D eigenvalue weighted by atomic mass is 10.1. The number of hydrogen-bond donors (Lipinski definition) is 1. The Morgan fingerprint density at radius 2 is 2.22 bits per heavy atom. The third kappa shape index (κ3) is 1.97. The lowest BCUT2D eigenvalue weighted by molar-refractivity contribution is 0.321. The normalized spacial score (nSPS) is 13.2. The van der Waals surface area contributed by atoms with Crippen LogP contribution in [0.2, 0.25) is 0 Å². The minimum atomic E-state index is 0.677. The van der Waals surface area contributed by atoms with Gasteiger partial charge in [-0.25, -0.2) is 4.98 Å². The van der Waals surface area contributed by atoms with E-state index >= 15 is 0 Å². The van der Waals surface area contributed by atoms with E-state index in [0.29, 0.717) is 6.61 Å². The highest BCUT2D eigenvalue weighted by molar-refractivity contribution is 5.69. The quantitative estimate of drug-likeness (QED) is 0.879. The topological polar surface area (TPSA) is 43.4 Å². The molecule has 0 atom stereocenters. The van der Waals surface area contributed by atoms with Gasteiger partial charge in [0.25, 0.3) is 0 Å². The molecule has 1 aromatic carbocycles. The molecule has 1 aromatic heterocycles. The predicted molar refractivity (Wildman–Crippen MR) is 70.2 cm³/mol. The number of anilines is 1. The summed E-state index contributed by atoms with van der Waals surface area (Å²) in [6.07, 6.45) is 1.84. The molecule has 1 N–H and O–H groups in total. The van der Waals surface area contributed by atoms with Crippen molar-refractivity contribution in [3.8, 4) is 22.6 Å². The first-order valence-corrected chi connectivity index (χ1v) is 5.88. The summed E-state index contributed by atoms with van der Waals surface area (Å²) in [4.78, 5) is 4.37. The van der Waals surface area contributed by atoms with Gasteiger partial charge >= 0.3 is 0 Å². The fraction of sp³-hybridized carbons (Fsp3) is 0.214. The molecule has 0 unspecified atom stereocenters. The lowest BCUT2D eigenvalue weighted by Gasteiger charge is -2.18. The second kappa shape index (κ2) is 4.56. The highest BCUT2D eigenvalue weighted by atomic mass is 16.5. The van der Waals surface area contributed by atoms with Gasteiger partial charge in [0.05, 0.1) is 13.7 Å². The van der Waals surface area contributed by atoms with Crippen LogP contribution in [0.15, 0.2) is 36.5 Å². The Balaban J connectivity index is 2.00. The van der Waals surface area contributed by atoms with E-state index in [1.165, 1.54) is 0 Å². The van der Waals surface area contributed by atoms with Crippen LogP contribution in [0.5, 0.6) is 11.5 Å². The molecule has 4 heteroatoms. The molecule has 0 aliphatic carbocycles. The van der Waals surface area contributed by atoms with Gasteiger partial charge in [0.15, 0.2) is 11.6 Å². The Kier molecular flexibility index (Phi) is 2.76. The van der Waals surface area contributed by atoms with Gasteiger partial charge in [0.2, 0.25) is 0 Å². The van der Waals surface area contributed by atoms with Gasteiger partial charge in [-0.3, -0.25) is 0 Å². The summed E-state index contributed by atoms with van der Waals surface area (Å²) in [7, 11) is 1.66. The molecule has 4 nitrogen and oxygen atoms in total. The van der Waals surface area contributed by atoms with Crippen molar-refractivity contribution in [3.63, 3.8) is 0 Å². The minimum Gasteiger partial charge on any atom is -0.497 e. The van der Waals surface area contributed by atoms with Gasteiger partial charge in [0.1, 0.15) is 12.4 Å². The van der Waals surface area contributed by atoms with Crippen LogP contribution in [0.25, 0.3) is 11.1 Å². The van der Waals surface area contributed by atoms with E-state index in [1.807, 2.05) is 36.5 Å². The van der Waals surface area contributed by atoms with E-state index < -0.39 is 0 Å². The maximum atomic E-state index is 5.59. The van der Waals surface area contributed by atoms with Crippen LogP contribution in [-0.4, -0.2) is 25.2 Å². The fourth-order valence-corrected chi connectivity index (χ4v) is 1.98. The van der Waals surface area contributed by atoms with Crippen molar-refractivity contribution in [2.75, 3.05) is 25.6 Å². The van der Waals surface area contributed by atoms with Gasteiger partial charge in [0, 0.05) is 11.8 Å². The minimum absolute atomic E-state index is 0.677. The molecule has 2 aromatic rings. The number of hydrogen-bond acceptors (Lipinski definition) is 4. The van der Waals surface area contributed by atoms with Crippen LogP contribution in [0.3, 0.4) is 0 Å². The molecule has 0 fully saturated rings. The van der Waals surface area contributed by atoms with Crippen LogP contribution in [0.1, 0.15) is 0 Å². The maximum Gasteiger partial charge on any atom is 0.168 e. The zero-order chi connectivity index (χ0) is 12.4. The predicted octanol–water partition coefficient (Wildman–Crippen LogP) is 2.56. The molecule has 0 spiro atoms. The van der Waals surface area contributed by atoms with Gasteiger partial charge in [-0.15, -0.1) is 0 Å². The van der Waals surface area contributed by atoms with Crippen LogP contribution in [0.4, 0.5) is 5.82 Å². The molecule has 1 aliphatic rings. The van der Waals surface area contributed by atoms with Crippen LogP contribution in [0, 0.1) is 0 Å². The average molecular weight is 242 g/mol. The SMILES string of the molecule is COc1cccc(-c2cnc3c(c2)OCCN3)c1.